The summed E-state index contributed by atoms with van der Waals surface area (Å²) in [5, 5.41) is 10.0. The average Bonchev–Trinajstić information content (AvgIpc) is 1.93. The standard InChI is InChI=1S/C8H6FO2/c9-7-4-2-1-3-6(7)5-8(10)11/h1-4H,5H2. The molecule has 0 saturated heterocycles. The molecule has 2 nitrogen and oxygen atoms in total. The second-order valence-corrected chi connectivity index (χ2v) is 2.14. The first-order valence-electron chi connectivity index (χ1n) is 3.13. The topological polar surface area (TPSA) is 37.0 Å². The van der Waals surface area contributed by atoms with Crippen LogP contribution in [0.15, 0.2) is 24.3 Å². The Labute approximate surface area is 63.3 Å². The van der Waals surface area contributed by atoms with E-state index in [4.69, 9.17) is 0 Å². The monoisotopic (exact) mass is 153 g/mol. The van der Waals surface area contributed by atoms with Gasteiger partial charge in [-0.25, -0.2) is 14.3 Å². The van der Waals surface area contributed by atoms with E-state index >= 15 is 0 Å². The third kappa shape index (κ3) is 2.04. The molecule has 0 bridgehead atoms. The van der Waals surface area contributed by atoms with Crippen molar-refractivity contribution < 1.29 is 14.3 Å². The van der Waals surface area contributed by atoms with Crippen LogP contribution in [0, 0.1) is 5.82 Å². The average molecular weight is 153 g/mol. The molecule has 0 N–H and O–H groups in total. The molecule has 0 spiro atoms. The fourth-order valence-corrected chi connectivity index (χ4v) is 0.797. The van der Waals surface area contributed by atoms with E-state index in [2.05, 4.69) is 0 Å². The highest BCUT2D eigenvalue weighted by molar-refractivity contribution is 5.69. The highest BCUT2D eigenvalue weighted by Crippen LogP contribution is 2.06. The molecule has 1 aromatic rings. The fourth-order valence-electron chi connectivity index (χ4n) is 0.797. The van der Waals surface area contributed by atoms with Gasteiger partial charge in [-0.05, 0) is 11.6 Å². The fraction of sp³-hybridized carbons (Fsp3) is 0.125. The van der Waals surface area contributed by atoms with Crippen LogP contribution in [0.4, 0.5) is 4.39 Å². The van der Waals surface area contributed by atoms with Gasteiger partial charge in [0.2, 0.25) is 0 Å². The molecule has 0 saturated carbocycles. The van der Waals surface area contributed by atoms with Crippen molar-refractivity contribution >= 4 is 5.97 Å². The smallest absolute Gasteiger partial charge is 0.247 e. The van der Waals surface area contributed by atoms with Gasteiger partial charge in [0.1, 0.15) is 5.82 Å². The summed E-state index contributed by atoms with van der Waals surface area (Å²) in [7, 11) is 0. The lowest BCUT2D eigenvalue weighted by Crippen LogP contribution is -2.00. The van der Waals surface area contributed by atoms with E-state index in [1.165, 1.54) is 18.2 Å². The van der Waals surface area contributed by atoms with E-state index in [0.29, 0.717) is 0 Å². The van der Waals surface area contributed by atoms with Gasteiger partial charge >= 0.3 is 5.97 Å². The molecule has 0 amide bonds. The minimum Gasteiger partial charge on any atom is -0.247 e. The second-order valence-electron chi connectivity index (χ2n) is 2.14. The lowest BCUT2D eigenvalue weighted by atomic mass is 10.1. The first kappa shape index (κ1) is 7.72. The van der Waals surface area contributed by atoms with Crippen molar-refractivity contribution in [3.63, 3.8) is 0 Å². The molecule has 1 rings (SSSR count). The summed E-state index contributed by atoms with van der Waals surface area (Å²) in [5.41, 5.74) is 0.160. The predicted molar refractivity (Wildman–Crippen MR) is 35.8 cm³/mol. The minimum atomic E-state index is -1.27. The number of carbonyl (C=O) groups excluding carboxylic acids is 1. The van der Waals surface area contributed by atoms with Crippen molar-refractivity contribution in [2.75, 3.05) is 0 Å². The first-order chi connectivity index (χ1) is 5.20. The molecular formula is C8H6FO2. The highest BCUT2D eigenvalue weighted by Gasteiger charge is 2.05. The Kier molecular flexibility index (Phi) is 2.21. The van der Waals surface area contributed by atoms with Crippen molar-refractivity contribution in [2.24, 2.45) is 0 Å². The van der Waals surface area contributed by atoms with Crippen LogP contribution in [0.3, 0.4) is 0 Å². The normalized spacial score (nSPS) is 9.55. The third-order valence-corrected chi connectivity index (χ3v) is 1.29. The van der Waals surface area contributed by atoms with Crippen LogP contribution in [0.1, 0.15) is 5.56 Å². The number of halogens is 1. The van der Waals surface area contributed by atoms with Crippen molar-refractivity contribution in [1.29, 1.82) is 0 Å². The lowest BCUT2D eigenvalue weighted by Gasteiger charge is -1.95. The number of benzene rings is 1. The van der Waals surface area contributed by atoms with Crippen LogP contribution >= 0.6 is 0 Å². The van der Waals surface area contributed by atoms with Crippen molar-refractivity contribution in [3.05, 3.63) is 35.6 Å². The summed E-state index contributed by atoms with van der Waals surface area (Å²) in [6.07, 6.45) is -0.368. The summed E-state index contributed by atoms with van der Waals surface area (Å²) >= 11 is 0. The van der Waals surface area contributed by atoms with Crippen LogP contribution in [0.25, 0.3) is 0 Å². The molecule has 0 unspecified atom stereocenters. The van der Waals surface area contributed by atoms with Gasteiger partial charge in [-0.3, -0.25) is 0 Å². The third-order valence-electron chi connectivity index (χ3n) is 1.29. The zero-order valence-corrected chi connectivity index (χ0v) is 5.71. The molecule has 11 heavy (non-hydrogen) atoms. The Morgan fingerprint density at radius 1 is 1.36 bits per heavy atom. The van der Waals surface area contributed by atoms with E-state index in [0.717, 1.165) is 0 Å². The minimum absolute atomic E-state index is 0.160. The van der Waals surface area contributed by atoms with E-state index in [1.807, 2.05) is 0 Å². The second kappa shape index (κ2) is 3.14. The van der Waals surface area contributed by atoms with Crippen LogP contribution in [-0.2, 0) is 16.3 Å². The Morgan fingerprint density at radius 2 is 2.00 bits per heavy atom. The molecule has 0 heterocycles. The van der Waals surface area contributed by atoms with Gasteiger partial charge in [-0.1, -0.05) is 18.2 Å². The van der Waals surface area contributed by atoms with Gasteiger partial charge in [0, 0.05) is 0 Å². The summed E-state index contributed by atoms with van der Waals surface area (Å²) < 4.78 is 12.7. The molecular weight excluding hydrogens is 147 g/mol. The predicted octanol–water partition coefficient (Wildman–Crippen LogP) is 1.33. The SMILES string of the molecule is [O]C(=O)Cc1ccccc1F. The maximum Gasteiger partial charge on any atom is 0.360 e. The van der Waals surface area contributed by atoms with E-state index in [9.17, 15) is 14.3 Å². The summed E-state index contributed by atoms with van der Waals surface area (Å²) in [6.45, 7) is 0. The van der Waals surface area contributed by atoms with E-state index < -0.39 is 11.8 Å². The lowest BCUT2D eigenvalue weighted by molar-refractivity contribution is -0.142. The van der Waals surface area contributed by atoms with E-state index in [-0.39, 0.29) is 12.0 Å². The molecule has 0 fully saturated rings. The van der Waals surface area contributed by atoms with Gasteiger partial charge in [-0.2, -0.15) is 0 Å². The quantitative estimate of drug-likeness (QED) is 0.631. The maximum atomic E-state index is 12.7. The van der Waals surface area contributed by atoms with Crippen molar-refractivity contribution in [3.8, 4) is 0 Å². The van der Waals surface area contributed by atoms with Gasteiger partial charge in [0.25, 0.3) is 0 Å². The Hall–Kier alpha value is -1.38. The maximum absolute atomic E-state index is 12.7. The molecule has 0 aliphatic heterocycles. The Morgan fingerprint density at radius 3 is 2.55 bits per heavy atom. The van der Waals surface area contributed by atoms with Crippen LogP contribution < -0.4 is 0 Å². The zero-order chi connectivity index (χ0) is 8.27. The van der Waals surface area contributed by atoms with Crippen LogP contribution in [-0.4, -0.2) is 5.97 Å². The van der Waals surface area contributed by atoms with Crippen LogP contribution in [0.2, 0.25) is 0 Å². The largest absolute Gasteiger partial charge is 0.360 e. The molecule has 1 radical (unpaired) electrons. The molecule has 0 atom stereocenters. The zero-order valence-electron chi connectivity index (χ0n) is 5.71. The number of hydrogen-bond donors (Lipinski definition) is 0. The van der Waals surface area contributed by atoms with E-state index in [1.54, 1.807) is 6.07 Å². The number of rotatable bonds is 2. The summed E-state index contributed by atoms with van der Waals surface area (Å²) in [6, 6.07) is 5.73. The summed E-state index contributed by atoms with van der Waals surface area (Å²) in [4.78, 5) is 10.0. The number of hydrogen-bond acceptors (Lipinski definition) is 1. The number of carbonyl (C=O) groups is 1. The van der Waals surface area contributed by atoms with Crippen molar-refractivity contribution in [1.82, 2.24) is 0 Å². The van der Waals surface area contributed by atoms with Crippen molar-refractivity contribution in [2.45, 2.75) is 6.42 Å². The first-order valence-corrected chi connectivity index (χ1v) is 3.13. The molecule has 0 aromatic heterocycles. The molecule has 57 valence electrons. The van der Waals surface area contributed by atoms with Crippen LogP contribution in [0.5, 0.6) is 0 Å². The van der Waals surface area contributed by atoms with Gasteiger partial charge in [0.05, 0.1) is 6.42 Å². The molecule has 0 aliphatic rings. The van der Waals surface area contributed by atoms with Gasteiger partial charge < -0.3 is 0 Å². The molecule has 0 aliphatic carbocycles. The Balaban J connectivity index is 2.86. The molecule has 1 aromatic carbocycles. The van der Waals surface area contributed by atoms with Gasteiger partial charge in [-0.15, -0.1) is 0 Å². The van der Waals surface area contributed by atoms with Gasteiger partial charge in [0.15, 0.2) is 0 Å². The molecule has 3 heteroatoms. The Bertz CT molecular complexity index is 271. The highest BCUT2D eigenvalue weighted by atomic mass is 19.1. The summed E-state index contributed by atoms with van der Waals surface area (Å²) in [5.74, 6) is -1.77.